The van der Waals surface area contributed by atoms with Crippen LogP contribution in [-0.4, -0.2) is 17.6 Å². The van der Waals surface area contributed by atoms with Crippen molar-refractivity contribution in [2.45, 2.75) is 39.2 Å². The van der Waals surface area contributed by atoms with Crippen molar-refractivity contribution in [2.24, 2.45) is 5.92 Å². The third-order valence-electron chi connectivity index (χ3n) is 3.87. The standard InChI is InChI=1S/C15H20ClNO2/c1-3-10(4-2)15(19)17-8-7-14(18)12-9-11(16)5-6-13(12)17/h5-6,9-10,14,18H,3-4,7-8H2,1-2H3. The monoisotopic (exact) mass is 281 g/mol. The Hall–Kier alpha value is -1.06. The molecule has 0 aromatic heterocycles. The van der Waals surface area contributed by atoms with Crippen molar-refractivity contribution in [3.05, 3.63) is 28.8 Å². The van der Waals surface area contributed by atoms with Crippen molar-refractivity contribution < 1.29 is 9.90 Å². The number of hydrogen-bond acceptors (Lipinski definition) is 2. The molecule has 1 heterocycles. The Bertz CT molecular complexity index is 471. The number of carbonyl (C=O) groups excluding carboxylic acids is 1. The van der Waals surface area contributed by atoms with Crippen molar-refractivity contribution in [1.82, 2.24) is 0 Å². The summed E-state index contributed by atoms with van der Waals surface area (Å²) in [4.78, 5) is 14.3. The van der Waals surface area contributed by atoms with Crippen LogP contribution < -0.4 is 4.90 Å². The highest BCUT2D eigenvalue weighted by Gasteiger charge is 2.30. The third kappa shape index (κ3) is 2.77. The smallest absolute Gasteiger partial charge is 0.230 e. The number of anilines is 1. The molecular weight excluding hydrogens is 262 g/mol. The minimum absolute atomic E-state index is 0.0544. The van der Waals surface area contributed by atoms with Gasteiger partial charge in [-0.2, -0.15) is 0 Å². The van der Waals surface area contributed by atoms with Gasteiger partial charge in [-0.05, 0) is 37.5 Å². The predicted molar refractivity (Wildman–Crippen MR) is 77.5 cm³/mol. The van der Waals surface area contributed by atoms with E-state index < -0.39 is 6.10 Å². The van der Waals surface area contributed by atoms with Crippen molar-refractivity contribution in [2.75, 3.05) is 11.4 Å². The second kappa shape index (κ2) is 5.93. The number of hydrogen-bond donors (Lipinski definition) is 1. The van der Waals surface area contributed by atoms with Gasteiger partial charge < -0.3 is 10.0 Å². The van der Waals surface area contributed by atoms with Gasteiger partial charge in [0.2, 0.25) is 5.91 Å². The predicted octanol–water partition coefficient (Wildman–Crippen LogP) is 3.55. The van der Waals surface area contributed by atoms with E-state index in [2.05, 4.69) is 0 Å². The zero-order valence-electron chi connectivity index (χ0n) is 11.4. The normalized spacial score (nSPS) is 18.6. The topological polar surface area (TPSA) is 40.5 Å². The second-order valence-electron chi connectivity index (χ2n) is 5.01. The fraction of sp³-hybridized carbons (Fsp3) is 0.533. The summed E-state index contributed by atoms with van der Waals surface area (Å²) in [6.45, 7) is 4.65. The van der Waals surface area contributed by atoms with Crippen LogP contribution in [0.2, 0.25) is 5.02 Å². The number of amides is 1. The number of aliphatic hydroxyl groups excluding tert-OH is 1. The van der Waals surface area contributed by atoms with Gasteiger partial charge in [0.15, 0.2) is 0 Å². The molecule has 0 spiro atoms. The number of aliphatic hydroxyl groups is 1. The van der Waals surface area contributed by atoms with Crippen LogP contribution in [0.1, 0.15) is 44.8 Å². The maximum Gasteiger partial charge on any atom is 0.230 e. The number of nitrogens with zero attached hydrogens (tertiary/aromatic N) is 1. The van der Waals surface area contributed by atoms with E-state index in [1.807, 2.05) is 19.9 Å². The fourth-order valence-electron chi connectivity index (χ4n) is 2.65. The van der Waals surface area contributed by atoms with Crippen molar-refractivity contribution in [3.63, 3.8) is 0 Å². The minimum atomic E-state index is -0.528. The largest absolute Gasteiger partial charge is 0.388 e. The number of benzene rings is 1. The number of halogens is 1. The van der Waals surface area contributed by atoms with Gasteiger partial charge in [-0.15, -0.1) is 0 Å². The molecule has 0 bridgehead atoms. The minimum Gasteiger partial charge on any atom is -0.388 e. The van der Waals surface area contributed by atoms with E-state index >= 15 is 0 Å². The number of fused-ring (bicyclic) bond motifs is 1. The zero-order chi connectivity index (χ0) is 14.0. The van der Waals surface area contributed by atoms with Gasteiger partial charge in [-0.25, -0.2) is 0 Å². The van der Waals surface area contributed by atoms with Gasteiger partial charge >= 0.3 is 0 Å². The molecule has 4 heteroatoms. The summed E-state index contributed by atoms with van der Waals surface area (Å²) in [5.41, 5.74) is 1.57. The van der Waals surface area contributed by atoms with Gasteiger partial charge in [-0.3, -0.25) is 4.79 Å². The molecule has 3 nitrogen and oxygen atoms in total. The van der Waals surface area contributed by atoms with E-state index in [1.54, 1.807) is 17.0 Å². The Kier molecular flexibility index (Phi) is 4.48. The first-order chi connectivity index (χ1) is 9.08. The summed E-state index contributed by atoms with van der Waals surface area (Å²) in [7, 11) is 0. The summed E-state index contributed by atoms with van der Waals surface area (Å²) >= 11 is 5.97. The summed E-state index contributed by atoms with van der Waals surface area (Å²) in [6, 6.07) is 5.36. The van der Waals surface area contributed by atoms with Crippen LogP contribution in [0, 0.1) is 5.92 Å². The van der Waals surface area contributed by atoms with Crippen LogP contribution in [0.4, 0.5) is 5.69 Å². The lowest BCUT2D eigenvalue weighted by Gasteiger charge is -2.34. The van der Waals surface area contributed by atoms with E-state index in [9.17, 15) is 9.90 Å². The molecule has 2 rings (SSSR count). The Morgan fingerprint density at radius 3 is 2.79 bits per heavy atom. The van der Waals surface area contributed by atoms with E-state index in [-0.39, 0.29) is 11.8 Å². The van der Waals surface area contributed by atoms with E-state index in [4.69, 9.17) is 11.6 Å². The van der Waals surface area contributed by atoms with Crippen LogP contribution in [0.5, 0.6) is 0 Å². The molecule has 0 radical (unpaired) electrons. The first-order valence-corrected chi connectivity index (χ1v) is 7.25. The van der Waals surface area contributed by atoms with Crippen LogP contribution in [0.25, 0.3) is 0 Å². The molecule has 0 fully saturated rings. The van der Waals surface area contributed by atoms with Crippen LogP contribution in [0.15, 0.2) is 18.2 Å². The Morgan fingerprint density at radius 2 is 2.16 bits per heavy atom. The second-order valence-corrected chi connectivity index (χ2v) is 5.45. The number of carbonyl (C=O) groups is 1. The SMILES string of the molecule is CCC(CC)C(=O)N1CCC(O)c2cc(Cl)ccc21. The van der Waals surface area contributed by atoms with Crippen molar-refractivity contribution in [1.29, 1.82) is 0 Å². The Labute approximate surface area is 119 Å². The Morgan fingerprint density at radius 1 is 1.47 bits per heavy atom. The van der Waals surface area contributed by atoms with E-state index in [0.29, 0.717) is 18.0 Å². The molecule has 19 heavy (non-hydrogen) atoms. The molecule has 1 aromatic carbocycles. The maximum absolute atomic E-state index is 12.5. The average Bonchev–Trinajstić information content (AvgIpc) is 2.41. The lowest BCUT2D eigenvalue weighted by Crippen LogP contribution is -2.40. The quantitative estimate of drug-likeness (QED) is 0.920. The highest BCUT2D eigenvalue weighted by atomic mass is 35.5. The van der Waals surface area contributed by atoms with Crippen LogP contribution in [0.3, 0.4) is 0 Å². The average molecular weight is 282 g/mol. The fourth-order valence-corrected chi connectivity index (χ4v) is 2.83. The number of rotatable bonds is 3. The first kappa shape index (κ1) is 14.4. The summed E-state index contributed by atoms with van der Waals surface area (Å²) in [6.07, 6.45) is 1.73. The van der Waals surface area contributed by atoms with Gasteiger partial charge in [0.05, 0.1) is 6.10 Å². The van der Waals surface area contributed by atoms with Crippen LogP contribution in [-0.2, 0) is 4.79 Å². The zero-order valence-corrected chi connectivity index (χ0v) is 12.2. The maximum atomic E-state index is 12.5. The van der Waals surface area contributed by atoms with Gasteiger partial charge in [0.25, 0.3) is 0 Å². The lowest BCUT2D eigenvalue weighted by molar-refractivity contribution is -0.122. The van der Waals surface area contributed by atoms with Crippen molar-refractivity contribution >= 4 is 23.2 Å². The molecule has 1 atom stereocenters. The molecule has 1 unspecified atom stereocenters. The molecule has 1 aromatic rings. The molecule has 1 aliphatic heterocycles. The molecular formula is C15H20ClNO2. The van der Waals surface area contributed by atoms with Crippen molar-refractivity contribution in [3.8, 4) is 0 Å². The molecule has 0 saturated heterocycles. The molecule has 0 saturated carbocycles. The molecule has 1 N–H and O–H groups in total. The molecule has 1 aliphatic rings. The Balaban J connectivity index is 2.35. The van der Waals surface area contributed by atoms with Gasteiger partial charge in [0, 0.05) is 28.7 Å². The summed E-state index contributed by atoms with van der Waals surface area (Å²) < 4.78 is 0. The lowest BCUT2D eigenvalue weighted by atomic mass is 9.95. The molecule has 0 aliphatic carbocycles. The van der Waals surface area contributed by atoms with E-state index in [0.717, 1.165) is 24.1 Å². The third-order valence-corrected chi connectivity index (χ3v) is 4.10. The highest BCUT2D eigenvalue weighted by Crippen LogP contribution is 2.36. The van der Waals surface area contributed by atoms with E-state index in [1.165, 1.54) is 0 Å². The van der Waals surface area contributed by atoms with Gasteiger partial charge in [-0.1, -0.05) is 25.4 Å². The summed E-state index contributed by atoms with van der Waals surface area (Å²) in [5, 5.41) is 10.6. The highest BCUT2D eigenvalue weighted by molar-refractivity contribution is 6.30. The van der Waals surface area contributed by atoms with Gasteiger partial charge in [0.1, 0.15) is 0 Å². The summed E-state index contributed by atoms with van der Waals surface area (Å²) in [5.74, 6) is 0.208. The molecule has 104 valence electrons. The molecule has 1 amide bonds. The van der Waals surface area contributed by atoms with Crippen LogP contribution >= 0.6 is 11.6 Å². The first-order valence-electron chi connectivity index (χ1n) is 6.87.